The van der Waals surface area contributed by atoms with E-state index in [-0.39, 0.29) is 11.4 Å². The van der Waals surface area contributed by atoms with Crippen LogP contribution in [0.2, 0.25) is 0 Å². The van der Waals surface area contributed by atoms with Crippen LogP contribution in [0.25, 0.3) is 5.57 Å². The highest BCUT2D eigenvalue weighted by molar-refractivity contribution is 6.34. The van der Waals surface area contributed by atoms with E-state index in [0.29, 0.717) is 12.0 Å². The molecule has 0 radical (unpaired) electrons. The fourth-order valence-electron chi connectivity index (χ4n) is 2.12. The van der Waals surface area contributed by atoms with Gasteiger partial charge in [-0.3, -0.25) is 9.59 Å². The minimum atomic E-state index is -0.621. The normalized spacial score (nSPS) is 14.2. The summed E-state index contributed by atoms with van der Waals surface area (Å²) in [4.78, 5) is 23.3. The first kappa shape index (κ1) is 10.6. The highest BCUT2D eigenvalue weighted by Gasteiger charge is 2.31. The summed E-state index contributed by atoms with van der Waals surface area (Å²) in [6.45, 7) is 2.01. The van der Waals surface area contributed by atoms with Crippen molar-refractivity contribution in [2.24, 2.45) is 5.73 Å². The van der Waals surface area contributed by atoms with E-state index in [9.17, 15) is 9.59 Å². The van der Waals surface area contributed by atoms with Crippen LogP contribution in [0.5, 0.6) is 0 Å². The van der Waals surface area contributed by atoms with Gasteiger partial charge in [0, 0.05) is 5.56 Å². The van der Waals surface area contributed by atoms with Gasteiger partial charge in [-0.1, -0.05) is 37.6 Å². The van der Waals surface area contributed by atoms with Crippen molar-refractivity contribution in [2.75, 3.05) is 0 Å². The number of rotatable bonds is 3. The second-order valence-electron chi connectivity index (χ2n) is 3.84. The Bertz CT molecular complexity index is 500. The van der Waals surface area contributed by atoms with E-state index >= 15 is 0 Å². The monoisotopic (exact) mass is 215 g/mol. The Kier molecular flexibility index (Phi) is 2.60. The van der Waals surface area contributed by atoms with E-state index in [1.807, 2.05) is 19.1 Å². The Balaban J connectivity index is 2.62. The number of hydrogen-bond donors (Lipinski definition) is 1. The molecule has 1 aliphatic rings. The number of Topliss-reactive ketones (excluding diaryl/α,β-unsaturated/α-hetero) is 1. The number of hydrogen-bond acceptors (Lipinski definition) is 2. The number of benzene rings is 1. The summed E-state index contributed by atoms with van der Waals surface area (Å²) in [6.07, 6.45) is 1.59. The second kappa shape index (κ2) is 3.93. The minimum absolute atomic E-state index is 0.169. The summed E-state index contributed by atoms with van der Waals surface area (Å²) < 4.78 is 0. The molecule has 0 saturated carbocycles. The van der Waals surface area contributed by atoms with Gasteiger partial charge in [-0.2, -0.15) is 0 Å². The molecule has 3 nitrogen and oxygen atoms in total. The van der Waals surface area contributed by atoms with Crippen molar-refractivity contribution in [2.45, 2.75) is 19.8 Å². The minimum Gasteiger partial charge on any atom is -0.365 e. The molecular formula is C13H13NO2. The average molecular weight is 215 g/mol. The van der Waals surface area contributed by atoms with Crippen molar-refractivity contribution in [1.29, 1.82) is 0 Å². The van der Waals surface area contributed by atoms with E-state index in [0.717, 1.165) is 17.6 Å². The third-order valence-corrected chi connectivity index (χ3v) is 2.77. The maximum absolute atomic E-state index is 12.0. The van der Waals surface area contributed by atoms with Crippen molar-refractivity contribution in [3.05, 3.63) is 41.0 Å². The molecule has 1 aromatic carbocycles. The van der Waals surface area contributed by atoms with Crippen LogP contribution in [0.3, 0.4) is 0 Å². The maximum Gasteiger partial charge on any atom is 0.252 e. The fourth-order valence-corrected chi connectivity index (χ4v) is 2.12. The predicted molar refractivity (Wildman–Crippen MR) is 61.8 cm³/mol. The molecule has 1 amide bonds. The molecule has 0 bridgehead atoms. The van der Waals surface area contributed by atoms with Gasteiger partial charge in [0.1, 0.15) is 0 Å². The van der Waals surface area contributed by atoms with Crippen LogP contribution < -0.4 is 5.73 Å². The molecule has 82 valence electrons. The van der Waals surface area contributed by atoms with Gasteiger partial charge in [0.15, 0.2) is 5.78 Å². The number of amides is 1. The molecule has 0 saturated heterocycles. The average Bonchev–Trinajstić information content (AvgIpc) is 2.54. The van der Waals surface area contributed by atoms with Crippen molar-refractivity contribution in [3.63, 3.8) is 0 Å². The SMILES string of the molecule is CCCC1=C(C(N)=O)C(=O)c2ccccc21. The van der Waals surface area contributed by atoms with Gasteiger partial charge < -0.3 is 5.73 Å². The van der Waals surface area contributed by atoms with Gasteiger partial charge in [0.05, 0.1) is 5.57 Å². The Morgan fingerprint density at radius 2 is 1.88 bits per heavy atom. The van der Waals surface area contributed by atoms with Crippen LogP contribution in [0, 0.1) is 0 Å². The van der Waals surface area contributed by atoms with E-state index in [1.165, 1.54) is 0 Å². The first-order valence-corrected chi connectivity index (χ1v) is 5.33. The molecule has 0 aliphatic heterocycles. The smallest absolute Gasteiger partial charge is 0.252 e. The number of carbonyl (C=O) groups excluding carboxylic acids is 2. The van der Waals surface area contributed by atoms with E-state index < -0.39 is 5.91 Å². The first-order chi connectivity index (χ1) is 7.66. The van der Waals surface area contributed by atoms with E-state index in [2.05, 4.69) is 0 Å². The van der Waals surface area contributed by atoms with E-state index in [1.54, 1.807) is 12.1 Å². The number of allylic oxidation sites excluding steroid dienone is 1. The number of carbonyl (C=O) groups is 2. The van der Waals surface area contributed by atoms with Crippen LogP contribution in [-0.2, 0) is 4.79 Å². The summed E-state index contributed by atoms with van der Waals surface area (Å²) in [5.74, 6) is -0.851. The highest BCUT2D eigenvalue weighted by Crippen LogP contribution is 2.35. The maximum atomic E-state index is 12.0. The molecule has 1 aliphatic carbocycles. The van der Waals surface area contributed by atoms with Crippen LogP contribution in [0.4, 0.5) is 0 Å². The molecule has 0 atom stereocenters. The number of fused-ring (bicyclic) bond motifs is 1. The topological polar surface area (TPSA) is 60.2 Å². The van der Waals surface area contributed by atoms with Gasteiger partial charge in [-0.25, -0.2) is 0 Å². The van der Waals surface area contributed by atoms with Crippen LogP contribution in [-0.4, -0.2) is 11.7 Å². The summed E-state index contributed by atoms with van der Waals surface area (Å²) in [5, 5.41) is 0. The highest BCUT2D eigenvalue weighted by atomic mass is 16.2. The number of nitrogens with two attached hydrogens (primary N) is 1. The number of primary amides is 1. The summed E-state index contributed by atoms with van der Waals surface area (Å²) in [7, 11) is 0. The molecule has 0 aromatic heterocycles. The molecule has 0 fully saturated rings. The fraction of sp³-hybridized carbons (Fsp3) is 0.231. The zero-order chi connectivity index (χ0) is 11.7. The number of ketones is 1. The molecule has 16 heavy (non-hydrogen) atoms. The largest absolute Gasteiger partial charge is 0.365 e. The lowest BCUT2D eigenvalue weighted by Crippen LogP contribution is -2.19. The van der Waals surface area contributed by atoms with Crippen LogP contribution in [0.15, 0.2) is 29.8 Å². The zero-order valence-electron chi connectivity index (χ0n) is 9.12. The Hall–Kier alpha value is -1.90. The third kappa shape index (κ3) is 1.45. The lowest BCUT2D eigenvalue weighted by atomic mass is 10.0. The third-order valence-electron chi connectivity index (χ3n) is 2.77. The summed E-state index contributed by atoms with van der Waals surface area (Å²) in [6, 6.07) is 7.27. The lowest BCUT2D eigenvalue weighted by molar-refractivity contribution is -0.114. The van der Waals surface area contributed by atoms with Crippen molar-refractivity contribution < 1.29 is 9.59 Å². The molecule has 3 heteroatoms. The molecule has 2 rings (SSSR count). The standard InChI is InChI=1S/C13H13NO2/c1-2-5-9-8-6-3-4-7-10(8)12(15)11(9)13(14)16/h3-4,6-7H,2,5H2,1H3,(H2,14,16). The van der Waals surface area contributed by atoms with Gasteiger partial charge in [0.25, 0.3) is 5.91 Å². The van der Waals surface area contributed by atoms with Crippen LogP contribution >= 0.6 is 0 Å². The first-order valence-electron chi connectivity index (χ1n) is 5.33. The molecule has 1 aromatic rings. The quantitative estimate of drug-likeness (QED) is 0.783. The molecular weight excluding hydrogens is 202 g/mol. The molecule has 0 heterocycles. The van der Waals surface area contributed by atoms with Gasteiger partial charge in [-0.15, -0.1) is 0 Å². The molecule has 2 N–H and O–H groups in total. The zero-order valence-corrected chi connectivity index (χ0v) is 9.12. The van der Waals surface area contributed by atoms with Gasteiger partial charge in [-0.05, 0) is 17.6 Å². The summed E-state index contributed by atoms with van der Waals surface area (Å²) in [5.41, 5.74) is 7.70. The van der Waals surface area contributed by atoms with Crippen molar-refractivity contribution in [3.8, 4) is 0 Å². The van der Waals surface area contributed by atoms with E-state index in [4.69, 9.17) is 5.73 Å². The van der Waals surface area contributed by atoms with Gasteiger partial charge >= 0.3 is 0 Å². The Labute approximate surface area is 94.0 Å². The summed E-state index contributed by atoms with van der Waals surface area (Å²) >= 11 is 0. The predicted octanol–water partition coefficient (Wildman–Crippen LogP) is 1.92. The lowest BCUT2D eigenvalue weighted by Gasteiger charge is -2.03. The van der Waals surface area contributed by atoms with Gasteiger partial charge in [0.2, 0.25) is 0 Å². The Morgan fingerprint density at radius 1 is 1.25 bits per heavy atom. The molecule has 0 spiro atoms. The van der Waals surface area contributed by atoms with Crippen molar-refractivity contribution >= 4 is 17.3 Å². The Morgan fingerprint density at radius 3 is 2.44 bits per heavy atom. The molecule has 0 unspecified atom stereocenters. The second-order valence-corrected chi connectivity index (χ2v) is 3.84. The van der Waals surface area contributed by atoms with Crippen molar-refractivity contribution in [1.82, 2.24) is 0 Å². The van der Waals surface area contributed by atoms with Crippen LogP contribution in [0.1, 0.15) is 35.7 Å².